The first-order valence-corrected chi connectivity index (χ1v) is 6.23. The normalized spacial score (nSPS) is 15.2. The smallest absolute Gasteiger partial charge is 0.224 e. The fourth-order valence-corrected chi connectivity index (χ4v) is 1.26. The molecule has 2 N–H and O–H groups in total. The molecule has 17 heavy (non-hydrogen) atoms. The summed E-state index contributed by atoms with van der Waals surface area (Å²) < 4.78 is 0. The predicted octanol–water partition coefficient (Wildman–Crippen LogP) is 3.11. The van der Waals surface area contributed by atoms with Gasteiger partial charge in [-0.25, -0.2) is 4.98 Å². The van der Waals surface area contributed by atoms with Gasteiger partial charge in [0.25, 0.3) is 0 Å². The number of alkyl halides is 1. The minimum Gasteiger partial charge on any atom is -0.365 e. The van der Waals surface area contributed by atoms with Crippen LogP contribution in [0.3, 0.4) is 0 Å². The molecule has 5 heteroatoms. The Kier molecular flexibility index (Phi) is 4.57. The molecule has 0 bridgehead atoms. The molecule has 96 valence electrons. The summed E-state index contributed by atoms with van der Waals surface area (Å²) in [4.78, 5) is 8.56. The van der Waals surface area contributed by atoms with Crippen LogP contribution < -0.4 is 10.6 Å². The van der Waals surface area contributed by atoms with E-state index in [9.17, 15) is 0 Å². The molecule has 1 aromatic rings. The van der Waals surface area contributed by atoms with Crippen LogP contribution in [-0.4, -0.2) is 26.9 Å². The molecule has 1 heterocycles. The van der Waals surface area contributed by atoms with Crippen molar-refractivity contribution in [3.8, 4) is 0 Å². The maximum Gasteiger partial charge on any atom is 0.224 e. The van der Waals surface area contributed by atoms with Crippen LogP contribution >= 0.6 is 11.6 Å². The summed E-state index contributed by atoms with van der Waals surface area (Å²) in [6.07, 6.45) is 1.73. The Balaban J connectivity index is 2.72. The van der Waals surface area contributed by atoms with Gasteiger partial charge >= 0.3 is 0 Å². The summed E-state index contributed by atoms with van der Waals surface area (Å²) in [5.74, 6) is 1.41. The first kappa shape index (κ1) is 14.0. The number of nitrogens with one attached hydrogen (secondary N) is 2. The molecule has 0 saturated carbocycles. The van der Waals surface area contributed by atoms with Crippen molar-refractivity contribution in [2.75, 3.05) is 10.6 Å². The second-order valence-corrected chi connectivity index (χ2v) is 5.94. The monoisotopic (exact) mass is 256 g/mol. The van der Waals surface area contributed by atoms with Crippen molar-refractivity contribution in [1.82, 2.24) is 9.97 Å². The zero-order valence-electron chi connectivity index (χ0n) is 11.1. The van der Waals surface area contributed by atoms with E-state index in [1.165, 1.54) is 0 Å². The summed E-state index contributed by atoms with van der Waals surface area (Å²) in [6.45, 7) is 10.2. The van der Waals surface area contributed by atoms with Gasteiger partial charge in [0.1, 0.15) is 5.82 Å². The van der Waals surface area contributed by atoms with E-state index >= 15 is 0 Å². The van der Waals surface area contributed by atoms with Gasteiger partial charge < -0.3 is 10.6 Å². The van der Waals surface area contributed by atoms with Crippen LogP contribution in [0, 0.1) is 0 Å². The molecule has 0 amide bonds. The zero-order valence-corrected chi connectivity index (χ0v) is 11.8. The van der Waals surface area contributed by atoms with Crippen molar-refractivity contribution in [3.63, 3.8) is 0 Å². The molecule has 0 aliphatic heterocycles. The quantitative estimate of drug-likeness (QED) is 0.813. The molecule has 0 radical (unpaired) electrons. The van der Waals surface area contributed by atoms with Gasteiger partial charge in [-0.1, -0.05) is 0 Å². The molecule has 0 fully saturated rings. The minimum absolute atomic E-state index is 0.0168. The fourth-order valence-electron chi connectivity index (χ4n) is 1.20. The van der Waals surface area contributed by atoms with Crippen molar-refractivity contribution >= 4 is 23.4 Å². The highest BCUT2D eigenvalue weighted by Gasteiger charge is 2.12. The average Bonchev–Trinajstić information content (AvgIpc) is 2.15. The van der Waals surface area contributed by atoms with Gasteiger partial charge in [-0.2, -0.15) is 4.98 Å². The molecule has 0 aromatic carbocycles. The Bertz CT molecular complexity index is 360. The Morgan fingerprint density at radius 2 is 1.94 bits per heavy atom. The van der Waals surface area contributed by atoms with Crippen molar-refractivity contribution in [2.24, 2.45) is 0 Å². The Morgan fingerprint density at radius 3 is 2.47 bits per heavy atom. The van der Waals surface area contributed by atoms with E-state index in [0.717, 1.165) is 5.82 Å². The second-order valence-electron chi connectivity index (χ2n) is 5.25. The van der Waals surface area contributed by atoms with Crippen molar-refractivity contribution in [2.45, 2.75) is 51.6 Å². The number of hydrogen-bond acceptors (Lipinski definition) is 4. The van der Waals surface area contributed by atoms with E-state index in [1.54, 1.807) is 6.20 Å². The number of halogens is 1. The van der Waals surface area contributed by atoms with Crippen LogP contribution in [0.2, 0.25) is 0 Å². The fraction of sp³-hybridized carbons (Fsp3) is 0.667. The minimum atomic E-state index is -0.0168. The van der Waals surface area contributed by atoms with Gasteiger partial charge in [0.05, 0.1) is 5.38 Å². The van der Waals surface area contributed by atoms with E-state index in [2.05, 4.69) is 41.4 Å². The lowest BCUT2D eigenvalue weighted by Crippen LogP contribution is -2.28. The van der Waals surface area contributed by atoms with Gasteiger partial charge in [0, 0.05) is 17.8 Å². The third-order valence-electron chi connectivity index (χ3n) is 2.20. The summed E-state index contributed by atoms with van der Waals surface area (Å²) in [5.41, 5.74) is -0.0168. The molecule has 0 spiro atoms. The topological polar surface area (TPSA) is 49.8 Å². The molecule has 4 nitrogen and oxygen atoms in total. The molecule has 0 aliphatic rings. The predicted molar refractivity (Wildman–Crippen MR) is 73.8 cm³/mol. The molecular formula is C12H21ClN4. The van der Waals surface area contributed by atoms with Crippen LogP contribution in [0.1, 0.15) is 34.6 Å². The standard InChI is InChI=1S/C12H21ClN4/c1-8(13)9(2)15-11-14-7-6-10(16-11)17-12(3,4)5/h6-9H,1-5H3,(H2,14,15,16,17)/t8?,9-/m1/s1. The van der Waals surface area contributed by atoms with Gasteiger partial charge in [-0.3, -0.25) is 0 Å². The van der Waals surface area contributed by atoms with Gasteiger partial charge in [0.15, 0.2) is 0 Å². The zero-order chi connectivity index (χ0) is 13.1. The Hall–Kier alpha value is -1.03. The van der Waals surface area contributed by atoms with Crippen molar-refractivity contribution in [3.05, 3.63) is 12.3 Å². The van der Waals surface area contributed by atoms with Crippen LogP contribution in [0.4, 0.5) is 11.8 Å². The molecule has 1 unspecified atom stereocenters. The molecule has 2 atom stereocenters. The molecule has 1 aromatic heterocycles. The lowest BCUT2D eigenvalue weighted by Gasteiger charge is -2.22. The molecule has 0 saturated heterocycles. The van der Waals surface area contributed by atoms with Crippen molar-refractivity contribution < 1.29 is 0 Å². The van der Waals surface area contributed by atoms with Crippen molar-refractivity contribution in [1.29, 1.82) is 0 Å². The summed E-state index contributed by atoms with van der Waals surface area (Å²) >= 11 is 5.99. The van der Waals surface area contributed by atoms with Gasteiger partial charge in [-0.15, -0.1) is 11.6 Å². The average molecular weight is 257 g/mol. The first-order valence-electron chi connectivity index (χ1n) is 5.80. The van der Waals surface area contributed by atoms with E-state index in [1.807, 2.05) is 19.9 Å². The van der Waals surface area contributed by atoms with E-state index in [0.29, 0.717) is 5.95 Å². The van der Waals surface area contributed by atoms with E-state index in [4.69, 9.17) is 11.6 Å². The third kappa shape index (κ3) is 5.22. The van der Waals surface area contributed by atoms with Crippen LogP contribution in [-0.2, 0) is 0 Å². The number of anilines is 2. The summed E-state index contributed by atoms with van der Waals surface area (Å²) in [7, 11) is 0. The highest BCUT2D eigenvalue weighted by Crippen LogP contribution is 2.14. The Labute approximate surface area is 108 Å². The SMILES string of the molecule is CC(Cl)[C@@H](C)Nc1nccc(NC(C)(C)C)n1. The van der Waals surface area contributed by atoms with Gasteiger partial charge in [0.2, 0.25) is 5.95 Å². The second kappa shape index (κ2) is 5.54. The van der Waals surface area contributed by atoms with E-state index in [-0.39, 0.29) is 17.0 Å². The lowest BCUT2D eigenvalue weighted by atomic mass is 10.1. The summed E-state index contributed by atoms with van der Waals surface area (Å²) in [6, 6.07) is 1.98. The highest BCUT2D eigenvalue weighted by molar-refractivity contribution is 6.20. The first-order chi connectivity index (χ1) is 7.78. The van der Waals surface area contributed by atoms with Crippen LogP contribution in [0.15, 0.2) is 12.3 Å². The molecule has 1 rings (SSSR count). The molecular weight excluding hydrogens is 236 g/mol. The Morgan fingerprint density at radius 1 is 1.29 bits per heavy atom. The highest BCUT2D eigenvalue weighted by atomic mass is 35.5. The molecule has 0 aliphatic carbocycles. The largest absolute Gasteiger partial charge is 0.365 e. The third-order valence-corrected chi connectivity index (χ3v) is 2.58. The maximum atomic E-state index is 5.99. The number of hydrogen-bond donors (Lipinski definition) is 2. The van der Waals surface area contributed by atoms with E-state index < -0.39 is 0 Å². The number of aromatic nitrogens is 2. The summed E-state index contributed by atoms with van der Waals surface area (Å²) in [5, 5.41) is 6.50. The van der Waals surface area contributed by atoms with Crippen LogP contribution in [0.5, 0.6) is 0 Å². The van der Waals surface area contributed by atoms with Gasteiger partial charge in [-0.05, 0) is 40.7 Å². The maximum absolute atomic E-state index is 5.99. The number of nitrogens with zero attached hydrogens (tertiary/aromatic N) is 2. The lowest BCUT2D eigenvalue weighted by molar-refractivity contribution is 0.630. The number of rotatable bonds is 4. The van der Waals surface area contributed by atoms with Crippen LogP contribution in [0.25, 0.3) is 0 Å².